The summed E-state index contributed by atoms with van der Waals surface area (Å²) < 4.78 is 0. The van der Waals surface area contributed by atoms with E-state index in [0.29, 0.717) is 22.9 Å². The second kappa shape index (κ2) is 6.25. The molecule has 0 radical (unpaired) electrons. The molecule has 0 aromatic heterocycles. The Morgan fingerprint density at radius 2 is 1.95 bits per heavy atom. The number of hydrogen-bond donors (Lipinski definition) is 0. The zero-order chi connectivity index (χ0) is 15.5. The molecule has 22 heavy (non-hydrogen) atoms. The van der Waals surface area contributed by atoms with Crippen molar-refractivity contribution in [2.75, 3.05) is 11.4 Å². The Hall–Kier alpha value is -2.25. The molecule has 2 aromatic rings. The van der Waals surface area contributed by atoms with E-state index in [4.69, 9.17) is 5.26 Å². The average Bonchev–Trinajstić information content (AvgIpc) is 2.72. The smallest absolute Gasteiger partial charge is 0.258 e. The topological polar surface area (TPSA) is 44.1 Å². The maximum Gasteiger partial charge on any atom is 0.258 e. The number of fused-ring (bicyclic) bond motifs is 1. The van der Waals surface area contributed by atoms with E-state index in [9.17, 15) is 4.79 Å². The fourth-order valence-electron chi connectivity index (χ4n) is 2.54. The molecule has 4 heteroatoms. The molecule has 1 aliphatic rings. The number of rotatable bonds is 1. The van der Waals surface area contributed by atoms with Gasteiger partial charge in [0.05, 0.1) is 17.3 Å². The van der Waals surface area contributed by atoms with Crippen LogP contribution in [-0.4, -0.2) is 17.7 Å². The summed E-state index contributed by atoms with van der Waals surface area (Å²) >= 11 is 1.82. The van der Waals surface area contributed by atoms with E-state index < -0.39 is 0 Å². The van der Waals surface area contributed by atoms with Crippen LogP contribution in [0.4, 0.5) is 5.69 Å². The van der Waals surface area contributed by atoms with Crippen molar-refractivity contribution in [2.24, 2.45) is 0 Å². The molecule has 1 aliphatic heterocycles. The van der Waals surface area contributed by atoms with Gasteiger partial charge >= 0.3 is 0 Å². The number of nitriles is 1. The third kappa shape index (κ3) is 2.86. The van der Waals surface area contributed by atoms with Crippen LogP contribution in [0.2, 0.25) is 0 Å². The van der Waals surface area contributed by atoms with Crippen LogP contribution < -0.4 is 4.90 Å². The molecule has 1 heterocycles. The average molecular weight is 308 g/mol. The highest BCUT2D eigenvalue weighted by atomic mass is 32.2. The summed E-state index contributed by atoms with van der Waals surface area (Å²) in [4.78, 5) is 15.9. The van der Waals surface area contributed by atoms with Crippen molar-refractivity contribution in [3.63, 3.8) is 0 Å². The molecule has 3 rings (SSSR count). The van der Waals surface area contributed by atoms with Crippen molar-refractivity contribution >= 4 is 23.4 Å². The number of nitrogens with zero attached hydrogens (tertiary/aromatic N) is 2. The molecular weight excluding hydrogens is 292 g/mol. The van der Waals surface area contributed by atoms with Crippen molar-refractivity contribution in [2.45, 2.75) is 23.5 Å². The Bertz CT molecular complexity index is 733. The minimum atomic E-state index is -0.00774. The highest BCUT2D eigenvalue weighted by Gasteiger charge is 2.24. The molecule has 1 atom stereocenters. The first-order chi connectivity index (χ1) is 10.7. The van der Waals surface area contributed by atoms with E-state index in [1.165, 1.54) is 0 Å². The Morgan fingerprint density at radius 3 is 2.68 bits per heavy atom. The molecule has 0 saturated heterocycles. The molecule has 1 amide bonds. The largest absolute Gasteiger partial charge is 0.307 e. The van der Waals surface area contributed by atoms with Crippen LogP contribution in [0.25, 0.3) is 0 Å². The SMILES string of the molecule is C[C@@H]1CCN(C(=O)c2ccc(C#N)cc2)c2ccccc2S1. The minimum absolute atomic E-state index is 0.00774. The first-order valence-corrected chi connectivity index (χ1v) is 8.14. The Labute approximate surface area is 134 Å². The Balaban J connectivity index is 1.96. The van der Waals surface area contributed by atoms with Gasteiger partial charge in [-0.25, -0.2) is 0 Å². The first-order valence-electron chi connectivity index (χ1n) is 7.27. The summed E-state index contributed by atoms with van der Waals surface area (Å²) in [6, 6.07) is 17.0. The lowest BCUT2D eigenvalue weighted by atomic mass is 10.1. The van der Waals surface area contributed by atoms with Crippen molar-refractivity contribution in [1.82, 2.24) is 0 Å². The molecule has 0 N–H and O–H groups in total. The van der Waals surface area contributed by atoms with E-state index in [1.807, 2.05) is 34.9 Å². The fourth-order valence-corrected chi connectivity index (χ4v) is 3.65. The summed E-state index contributed by atoms with van der Waals surface area (Å²) in [7, 11) is 0. The van der Waals surface area contributed by atoms with Gasteiger partial charge < -0.3 is 4.90 Å². The summed E-state index contributed by atoms with van der Waals surface area (Å²) in [5, 5.41) is 9.35. The van der Waals surface area contributed by atoms with E-state index in [1.54, 1.807) is 24.3 Å². The summed E-state index contributed by atoms with van der Waals surface area (Å²) in [5.41, 5.74) is 2.16. The monoisotopic (exact) mass is 308 g/mol. The molecule has 0 unspecified atom stereocenters. The second-order valence-electron chi connectivity index (χ2n) is 5.33. The number of para-hydroxylation sites is 1. The lowest BCUT2D eigenvalue weighted by Crippen LogP contribution is -2.32. The van der Waals surface area contributed by atoms with Gasteiger partial charge in [-0.05, 0) is 42.8 Å². The molecule has 0 aliphatic carbocycles. The van der Waals surface area contributed by atoms with E-state index in [0.717, 1.165) is 17.0 Å². The molecule has 0 saturated carbocycles. The lowest BCUT2D eigenvalue weighted by molar-refractivity contribution is 0.0986. The third-order valence-electron chi connectivity index (χ3n) is 3.75. The van der Waals surface area contributed by atoms with Crippen molar-refractivity contribution < 1.29 is 4.79 Å². The molecule has 0 bridgehead atoms. The van der Waals surface area contributed by atoms with E-state index >= 15 is 0 Å². The van der Waals surface area contributed by atoms with Crippen molar-refractivity contribution in [3.8, 4) is 6.07 Å². The van der Waals surface area contributed by atoms with Gasteiger partial charge in [-0.1, -0.05) is 19.1 Å². The second-order valence-corrected chi connectivity index (χ2v) is 6.81. The van der Waals surface area contributed by atoms with Crippen LogP contribution in [0.15, 0.2) is 53.4 Å². The first kappa shape index (κ1) is 14.7. The van der Waals surface area contributed by atoms with Crippen LogP contribution in [-0.2, 0) is 0 Å². The van der Waals surface area contributed by atoms with Gasteiger partial charge in [0.25, 0.3) is 5.91 Å². The molecule has 0 spiro atoms. The van der Waals surface area contributed by atoms with Gasteiger partial charge in [0.1, 0.15) is 0 Å². The Kier molecular flexibility index (Phi) is 4.17. The predicted molar refractivity (Wildman–Crippen MR) is 89.2 cm³/mol. The van der Waals surface area contributed by atoms with Crippen LogP contribution in [0.3, 0.4) is 0 Å². The number of amides is 1. The summed E-state index contributed by atoms with van der Waals surface area (Å²) in [6.45, 7) is 2.90. The molecular formula is C18H16N2OS. The van der Waals surface area contributed by atoms with Crippen LogP contribution in [0, 0.1) is 11.3 Å². The van der Waals surface area contributed by atoms with Crippen molar-refractivity contribution in [1.29, 1.82) is 5.26 Å². The van der Waals surface area contributed by atoms with Crippen LogP contribution in [0.1, 0.15) is 29.3 Å². The van der Waals surface area contributed by atoms with Crippen LogP contribution >= 0.6 is 11.8 Å². The number of thioether (sulfide) groups is 1. The quantitative estimate of drug-likeness (QED) is 0.797. The van der Waals surface area contributed by atoms with Crippen LogP contribution in [0.5, 0.6) is 0 Å². The molecule has 0 fully saturated rings. The standard InChI is InChI=1S/C18H16N2OS/c1-13-10-11-20(16-4-2-3-5-17(16)22-13)18(21)15-8-6-14(12-19)7-9-15/h2-9,13H,10-11H2,1H3/t13-/m1/s1. The van der Waals surface area contributed by atoms with E-state index in [-0.39, 0.29) is 5.91 Å². The summed E-state index contributed by atoms with van der Waals surface area (Å²) in [5.74, 6) is -0.00774. The number of hydrogen-bond acceptors (Lipinski definition) is 3. The zero-order valence-corrected chi connectivity index (χ0v) is 13.1. The lowest BCUT2D eigenvalue weighted by Gasteiger charge is -2.22. The highest BCUT2D eigenvalue weighted by molar-refractivity contribution is 8.00. The number of carbonyl (C=O) groups excluding carboxylic acids is 1. The third-order valence-corrected chi connectivity index (χ3v) is 4.99. The number of carbonyl (C=O) groups is 1. The van der Waals surface area contributed by atoms with Gasteiger partial charge in [-0.2, -0.15) is 5.26 Å². The minimum Gasteiger partial charge on any atom is -0.307 e. The van der Waals surface area contributed by atoms with Gasteiger partial charge in [0.15, 0.2) is 0 Å². The fraction of sp³-hybridized carbons (Fsp3) is 0.222. The molecule has 3 nitrogen and oxygen atoms in total. The van der Waals surface area contributed by atoms with E-state index in [2.05, 4.69) is 19.1 Å². The van der Waals surface area contributed by atoms with Gasteiger partial charge in [0.2, 0.25) is 0 Å². The summed E-state index contributed by atoms with van der Waals surface area (Å²) in [6.07, 6.45) is 0.960. The van der Waals surface area contributed by atoms with Gasteiger partial charge in [-0.3, -0.25) is 4.79 Å². The maximum absolute atomic E-state index is 12.9. The van der Waals surface area contributed by atoms with Gasteiger partial charge in [-0.15, -0.1) is 11.8 Å². The van der Waals surface area contributed by atoms with Crippen molar-refractivity contribution in [3.05, 3.63) is 59.7 Å². The molecule has 2 aromatic carbocycles. The van der Waals surface area contributed by atoms with Gasteiger partial charge in [0, 0.05) is 22.3 Å². The zero-order valence-electron chi connectivity index (χ0n) is 12.3. The molecule has 110 valence electrons. The maximum atomic E-state index is 12.9. The number of anilines is 1. The normalized spacial score (nSPS) is 17.3. The Morgan fingerprint density at radius 1 is 1.23 bits per heavy atom. The predicted octanol–water partition coefficient (Wildman–Crippen LogP) is 4.09. The number of benzene rings is 2. The highest BCUT2D eigenvalue weighted by Crippen LogP contribution is 2.37.